The number of nitrogens with zero attached hydrogens (tertiary/aromatic N) is 2. The monoisotopic (exact) mass is 318 g/mol. The van der Waals surface area contributed by atoms with Crippen molar-refractivity contribution in [1.29, 1.82) is 0 Å². The highest BCUT2D eigenvalue weighted by atomic mass is 16.3. The third kappa shape index (κ3) is 5.90. The molecule has 1 amide bonds. The topological polar surface area (TPSA) is 83.0 Å². The van der Waals surface area contributed by atoms with Crippen LogP contribution in [0, 0.1) is 0 Å². The van der Waals surface area contributed by atoms with Crippen molar-refractivity contribution in [2.24, 2.45) is 4.99 Å². The quantitative estimate of drug-likeness (QED) is 0.593. The van der Waals surface area contributed by atoms with Crippen LogP contribution >= 0.6 is 0 Å². The first kappa shape index (κ1) is 16.7. The molecule has 0 fully saturated rings. The molecule has 0 spiro atoms. The molecule has 2 aromatic rings. The van der Waals surface area contributed by atoms with Crippen LogP contribution in [0.2, 0.25) is 0 Å². The summed E-state index contributed by atoms with van der Waals surface area (Å²) >= 11 is 0. The van der Waals surface area contributed by atoms with Gasteiger partial charge >= 0.3 is 0 Å². The average Bonchev–Trinajstić information content (AvgIpc) is 3.22. The van der Waals surface area contributed by atoms with Crippen molar-refractivity contribution in [2.45, 2.75) is 13.0 Å². The molecule has 0 atom stereocenters. The van der Waals surface area contributed by atoms with Crippen molar-refractivity contribution in [3.8, 4) is 0 Å². The minimum atomic E-state index is -0.0601. The smallest absolute Gasteiger partial charge is 0.243 e. The molecule has 7 nitrogen and oxygen atoms in total. The van der Waals surface area contributed by atoms with E-state index >= 15 is 0 Å². The Kier molecular flexibility index (Phi) is 6.28. The Hall–Kier alpha value is -2.70. The molecular weight excluding hydrogens is 296 g/mol. The second kappa shape index (κ2) is 8.67. The number of likely N-dealkylation sites (N-methyl/N-ethyl adjacent to an activating group) is 1. The van der Waals surface area contributed by atoms with E-state index in [2.05, 4.69) is 15.6 Å². The SMILES string of the molecule is CN(C)C(=O)CN=C(NCCc1ccco1)NCc1ccco1. The molecule has 0 aromatic carbocycles. The van der Waals surface area contributed by atoms with Crippen LogP contribution in [0.15, 0.2) is 50.6 Å². The Labute approximate surface area is 135 Å². The van der Waals surface area contributed by atoms with Crippen LogP contribution < -0.4 is 10.6 Å². The number of hydrogen-bond acceptors (Lipinski definition) is 4. The molecule has 124 valence electrons. The first-order chi connectivity index (χ1) is 11.1. The molecule has 7 heteroatoms. The number of carbonyl (C=O) groups excluding carboxylic acids is 1. The maximum Gasteiger partial charge on any atom is 0.243 e. The van der Waals surface area contributed by atoms with Crippen LogP contribution in [0.5, 0.6) is 0 Å². The molecule has 0 aliphatic heterocycles. The Morgan fingerprint density at radius 3 is 2.43 bits per heavy atom. The van der Waals surface area contributed by atoms with E-state index in [0.717, 1.165) is 17.9 Å². The van der Waals surface area contributed by atoms with Gasteiger partial charge in [0.2, 0.25) is 5.91 Å². The molecule has 0 aliphatic carbocycles. The van der Waals surface area contributed by atoms with Gasteiger partial charge in [-0.3, -0.25) is 4.79 Å². The third-order valence-electron chi connectivity index (χ3n) is 3.13. The van der Waals surface area contributed by atoms with E-state index in [1.165, 1.54) is 4.90 Å². The van der Waals surface area contributed by atoms with E-state index < -0.39 is 0 Å². The van der Waals surface area contributed by atoms with E-state index in [9.17, 15) is 4.79 Å². The molecule has 23 heavy (non-hydrogen) atoms. The second-order valence-electron chi connectivity index (χ2n) is 5.14. The molecular formula is C16H22N4O3. The largest absolute Gasteiger partial charge is 0.469 e. The molecule has 0 saturated heterocycles. The van der Waals surface area contributed by atoms with Gasteiger partial charge < -0.3 is 24.4 Å². The van der Waals surface area contributed by atoms with Crippen molar-refractivity contribution in [3.63, 3.8) is 0 Å². The first-order valence-electron chi connectivity index (χ1n) is 7.42. The van der Waals surface area contributed by atoms with E-state index in [1.54, 1.807) is 26.6 Å². The molecule has 0 bridgehead atoms. The Morgan fingerprint density at radius 2 is 1.83 bits per heavy atom. The molecule has 2 rings (SSSR count). The summed E-state index contributed by atoms with van der Waals surface area (Å²) in [5, 5.41) is 6.32. The van der Waals surface area contributed by atoms with Crippen LogP contribution in [-0.2, 0) is 17.8 Å². The van der Waals surface area contributed by atoms with Gasteiger partial charge in [0.1, 0.15) is 18.1 Å². The van der Waals surface area contributed by atoms with Crippen molar-refractivity contribution in [2.75, 3.05) is 27.2 Å². The highest BCUT2D eigenvalue weighted by Crippen LogP contribution is 2.00. The summed E-state index contributed by atoms with van der Waals surface area (Å²) in [4.78, 5) is 17.5. The lowest BCUT2D eigenvalue weighted by Crippen LogP contribution is -2.39. The predicted molar refractivity (Wildman–Crippen MR) is 87.0 cm³/mol. The van der Waals surface area contributed by atoms with E-state index in [1.807, 2.05) is 24.3 Å². The minimum Gasteiger partial charge on any atom is -0.469 e. The zero-order chi connectivity index (χ0) is 16.5. The summed E-state index contributed by atoms with van der Waals surface area (Å²) in [6, 6.07) is 7.48. The minimum absolute atomic E-state index is 0.0601. The highest BCUT2D eigenvalue weighted by molar-refractivity contribution is 5.84. The van der Waals surface area contributed by atoms with Gasteiger partial charge in [-0.15, -0.1) is 0 Å². The van der Waals surface area contributed by atoms with E-state index in [4.69, 9.17) is 8.83 Å². The summed E-state index contributed by atoms with van der Waals surface area (Å²) in [5.74, 6) is 2.19. The normalized spacial score (nSPS) is 11.3. The summed E-state index contributed by atoms with van der Waals surface area (Å²) < 4.78 is 10.6. The van der Waals surface area contributed by atoms with Gasteiger partial charge in [0.05, 0.1) is 19.1 Å². The summed E-state index contributed by atoms with van der Waals surface area (Å²) in [7, 11) is 3.41. The van der Waals surface area contributed by atoms with Crippen LogP contribution in [0.25, 0.3) is 0 Å². The number of carbonyl (C=O) groups is 1. The average molecular weight is 318 g/mol. The van der Waals surface area contributed by atoms with E-state index in [0.29, 0.717) is 19.0 Å². The molecule has 0 unspecified atom stereocenters. The fraction of sp³-hybridized carbons (Fsp3) is 0.375. The lowest BCUT2D eigenvalue weighted by atomic mass is 10.3. The fourth-order valence-electron chi connectivity index (χ4n) is 1.81. The van der Waals surface area contributed by atoms with Crippen molar-refractivity contribution in [3.05, 3.63) is 48.3 Å². The Morgan fingerprint density at radius 1 is 1.13 bits per heavy atom. The van der Waals surface area contributed by atoms with Crippen LogP contribution in [0.1, 0.15) is 11.5 Å². The summed E-state index contributed by atoms with van der Waals surface area (Å²) in [6.45, 7) is 1.23. The standard InChI is InChI=1S/C16H22N4O3/c1-20(2)15(21)12-19-16(18-11-14-6-4-10-23-14)17-8-7-13-5-3-9-22-13/h3-6,9-10H,7-8,11-12H2,1-2H3,(H2,17,18,19). The van der Waals surface area contributed by atoms with Gasteiger partial charge in [0, 0.05) is 27.1 Å². The van der Waals surface area contributed by atoms with E-state index in [-0.39, 0.29) is 12.5 Å². The molecule has 2 N–H and O–H groups in total. The first-order valence-corrected chi connectivity index (χ1v) is 7.42. The number of aliphatic imine (C=N–C) groups is 1. The highest BCUT2D eigenvalue weighted by Gasteiger charge is 2.05. The molecule has 2 heterocycles. The maximum absolute atomic E-state index is 11.7. The predicted octanol–water partition coefficient (Wildman–Crippen LogP) is 1.24. The zero-order valence-electron chi connectivity index (χ0n) is 13.4. The summed E-state index contributed by atoms with van der Waals surface area (Å²) in [6.07, 6.45) is 4.00. The lowest BCUT2D eigenvalue weighted by molar-refractivity contribution is -0.127. The Balaban J connectivity index is 1.86. The van der Waals surface area contributed by atoms with Gasteiger partial charge in [-0.25, -0.2) is 4.99 Å². The van der Waals surface area contributed by atoms with Crippen LogP contribution in [-0.4, -0.2) is 44.0 Å². The van der Waals surface area contributed by atoms with Crippen LogP contribution in [0.4, 0.5) is 0 Å². The number of rotatable bonds is 7. The number of hydrogen-bond donors (Lipinski definition) is 2. The van der Waals surface area contributed by atoms with Gasteiger partial charge in [-0.1, -0.05) is 0 Å². The number of nitrogens with one attached hydrogen (secondary N) is 2. The Bertz CT molecular complexity index is 603. The molecule has 0 saturated carbocycles. The number of amides is 1. The van der Waals surface area contributed by atoms with Crippen molar-refractivity contribution < 1.29 is 13.6 Å². The van der Waals surface area contributed by atoms with Gasteiger partial charge in [0.15, 0.2) is 5.96 Å². The molecule has 0 aliphatic rings. The van der Waals surface area contributed by atoms with Crippen molar-refractivity contribution in [1.82, 2.24) is 15.5 Å². The van der Waals surface area contributed by atoms with Crippen LogP contribution in [0.3, 0.4) is 0 Å². The third-order valence-corrected chi connectivity index (χ3v) is 3.13. The second-order valence-corrected chi connectivity index (χ2v) is 5.14. The number of furan rings is 2. The molecule has 2 aromatic heterocycles. The number of guanidine groups is 1. The van der Waals surface area contributed by atoms with Crippen molar-refractivity contribution >= 4 is 11.9 Å². The van der Waals surface area contributed by atoms with Gasteiger partial charge in [-0.05, 0) is 24.3 Å². The molecule has 0 radical (unpaired) electrons. The van der Waals surface area contributed by atoms with Gasteiger partial charge in [0.25, 0.3) is 0 Å². The lowest BCUT2D eigenvalue weighted by Gasteiger charge is -2.12. The summed E-state index contributed by atoms with van der Waals surface area (Å²) in [5.41, 5.74) is 0. The van der Waals surface area contributed by atoms with Gasteiger partial charge in [-0.2, -0.15) is 0 Å². The fourth-order valence-corrected chi connectivity index (χ4v) is 1.81. The zero-order valence-corrected chi connectivity index (χ0v) is 13.4. The maximum atomic E-state index is 11.7.